The molecular formula is C13H18N4. The van der Waals surface area contributed by atoms with Crippen LogP contribution in [0.2, 0.25) is 0 Å². The van der Waals surface area contributed by atoms with Crippen molar-refractivity contribution >= 4 is 0 Å². The van der Waals surface area contributed by atoms with Crippen molar-refractivity contribution in [3.8, 4) is 5.69 Å². The fraction of sp³-hybridized carbons (Fsp3) is 0.385. The SMILES string of the molecule is Cc1cnn(-c2ccnc(CNC(C)C)c2)c1. The minimum Gasteiger partial charge on any atom is -0.309 e. The molecule has 0 aliphatic rings. The van der Waals surface area contributed by atoms with Crippen LogP contribution in [-0.2, 0) is 6.54 Å². The molecule has 4 nitrogen and oxygen atoms in total. The topological polar surface area (TPSA) is 42.7 Å². The molecule has 0 saturated carbocycles. The maximum Gasteiger partial charge on any atom is 0.0679 e. The summed E-state index contributed by atoms with van der Waals surface area (Å²) in [6.07, 6.45) is 5.69. The summed E-state index contributed by atoms with van der Waals surface area (Å²) >= 11 is 0. The summed E-state index contributed by atoms with van der Waals surface area (Å²) in [7, 11) is 0. The van der Waals surface area contributed by atoms with Gasteiger partial charge in [-0.2, -0.15) is 5.10 Å². The molecule has 0 unspecified atom stereocenters. The Bertz CT molecular complexity index is 488. The Morgan fingerprint density at radius 3 is 2.88 bits per heavy atom. The molecule has 17 heavy (non-hydrogen) atoms. The van der Waals surface area contributed by atoms with E-state index < -0.39 is 0 Å². The minimum absolute atomic E-state index is 0.465. The molecule has 0 spiro atoms. The first-order chi connectivity index (χ1) is 8.15. The van der Waals surface area contributed by atoms with Crippen molar-refractivity contribution in [3.05, 3.63) is 42.0 Å². The van der Waals surface area contributed by atoms with Crippen molar-refractivity contribution in [3.63, 3.8) is 0 Å². The Labute approximate surface area is 102 Å². The maximum atomic E-state index is 4.34. The van der Waals surface area contributed by atoms with E-state index in [2.05, 4.69) is 35.3 Å². The number of nitrogens with zero attached hydrogens (tertiary/aromatic N) is 3. The van der Waals surface area contributed by atoms with E-state index >= 15 is 0 Å². The lowest BCUT2D eigenvalue weighted by molar-refractivity contribution is 0.581. The van der Waals surface area contributed by atoms with Crippen LogP contribution in [0.25, 0.3) is 5.69 Å². The molecule has 2 aromatic rings. The van der Waals surface area contributed by atoms with Crippen molar-refractivity contribution < 1.29 is 0 Å². The van der Waals surface area contributed by atoms with Gasteiger partial charge >= 0.3 is 0 Å². The van der Waals surface area contributed by atoms with Gasteiger partial charge in [-0.05, 0) is 24.6 Å². The average molecular weight is 230 g/mol. The van der Waals surface area contributed by atoms with E-state index in [0.717, 1.165) is 23.5 Å². The van der Waals surface area contributed by atoms with E-state index in [9.17, 15) is 0 Å². The zero-order chi connectivity index (χ0) is 12.3. The van der Waals surface area contributed by atoms with Gasteiger partial charge in [0.15, 0.2) is 0 Å². The van der Waals surface area contributed by atoms with Gasteiger partial charge in [-0.1, -0.05) is 13.8 Å². The second-order valence-electron chi connectivity index (χ2n) is 4.50. The highest BCUT2D eigenvalue weighted by Crippen LogP contribution is 2.08. The normalized spacial score (nSPS) is 11.1. The van der Waals surface area contributed by atoms with E-state index in [0.29, 0.717) is 6.04 Å². The largest absolute Gasteiger partial charge is 0.309 e. The molecule has 0 amide bonds. The van der Waals surface area contributed by atoms with Gasteiger partial charge in [0.25, 0.3) is 0 Å². The maximum absolute atomic E-state index is 4.34. The van der Waals surface area contributed by atoms with Crippen LogP contribution in [0, 0.1) is 6.92 Å². The molecule has 2 rings (SSSR count). The van der Waals surface area contributed by atoms with Gasteiger partial charge in [-0.15, -0.1) is 0 Å². The number of pyridine rings is 1. The standard InChI is InChI=1S/C13H18N4/c1-10(2)15-8-12-6-13(4-5-14-12)17-9-11(3)7-16-17/h4-7,9-10,15H,8H2,1-3H3. The highest BCUT2D eigenvalue weighted by Gasteiger charge is 2.01. The summed E-state index contributed by atoms with van der Waals surface area (Å²) in [5.41, 5.74) is 3.24. The molecule has 0 atom stereocenters. The van der Waals surface area contributed by atoms with Gasteiger partial charge in [0.1, 0.15) is 0 Å². The predicted octanol–water partition coefficient (Wildman–Crippen LogP) is 2.07. The molecule has 0 radical (unpaired) electrons. The molecule has 90 valence electrons. The Balaban J connectivity index is 2.16. The zero-order valence-corrected chi connectivity index (χ0v) is 10.5. The quantitative estimate of drug-likeness (QED) is 0.874. The Morgan fingerprint density at radius 2 is 2.24 bits per heavy atom. The van der Waals surface area contributed by atoms with Crippen LogP contribution in [0.5, 0.6) is 0 Å². The lowest BCUT2D eigenvalue weighted by atomic mass is 10.3. The second-order valence-corrected chi connectivity index (χ2v) is 4.50. The van der Waals surface area contributed by atoms with Crippen LogP contribution >= 0.6 is 0 Å². The first-order valence-electron chi connectivity index (χ1n) is 5.85. The highest BCUT2D eigenvalue weighted by molar-refractivity contribution is 5.31. The van der Waals surface area contributed by atoms with Crippen LogP contribution < -0.4 is 5.32 Å². The molecule has 1 N–H and O–H groups in total. The third-order valence-corrected chi connectivity index (χ3v) is 2.47. The Kier molecular flexibility index (Phi) is 3.54. The number of hydrogen-bond acceptors (Lipinski definition) is 3. The second kappa shape index (κ2) is 5.10. The van der Waals surface area contributed by atoms with Crippen LogP contribution in [0.3, 0.4) is 0 Å². The summed E-state index contributed by atoms with van der Waals surface area (Å²) in [4.78, 5) is 4.34. The van der Waals surface area contributed by atoms with Crippen molar-refractivity contribution in [1.82, 2.24) is 20.1 Å². The van der Waals surface area contributed by atoms with Gasteiger partial charge in [0.05, 0.1) is 17.6 Å². The Hall–Kier alpha value is -1.68. The van der Waals surface area contributed by atoms with Crippen LogP contribution in [0.1, 0.15) is 25.1 Å². The minimum atomic E-state index is 0.465. The summed E-state index contributed by atoms with van der Waals surface area (Å²) in [6, 6.07) is 4.49. The van der Waals surface area contributed by atoms with Crippen molar-refractivity contribution in [2.45, 2.75) is 33.4 Å². The lowest BCUT2D eigenvalue weighted by Gasteiger charge is -2.08. The fourth-order valence-electron chi connectivity index (χ4n) is 1.57. The van der Waals surface area contributed by atoms with Crippen LogP contribution in [0.15, 0.2) is 30.7 Å². The van der Waals surface area contributed by atoms with Gasteiger partial charge in [0, 0.05) is 25.0 Å². The first kappa shape index (κ1) is 11.8. The monoisotopic (exact) mass is 230 g/mol. The predicted molar refractivity (Wildman–Crippen MR) is 68.1 cm³/mol. The van der Waals surface area contributed by atoms with Gasteiger partial charge in [0.2, 0.25) is 0 Å². The molecule has 0 aliphatic carbocycles. The van der Waals surface area contributed by atoms with E-state index in [1.807, 2.05) is 36.3 Å². The third kappa shape index (κ3) is 3.14. The molecule has 2 aromatic heterocycles. The highest BCUT2D eigenvalue weighted by atomic mass is 15.3. The number of aromatic nitrogens is 3. The molecule has 0 bridgehead atoms. The van der Waals surface area contributed by atoms with Crippen LogP contribution in [-0.4, -0.2) is 20.8 Å². The van der Waals surface area contributed by atoms with Crippen molar-refractivity contribution in [2.24, 2.45) is 0 Å². The average Bonchev–Trinajstić information content (AvgIpc) is 2.74. The first-order valence-corrected chi connectivity index (χ1v) is 5.85. The Morgan fingerprint density at radius 1 is 1.41 bits per heavy atom. The summed E-state index contributed by atoms with van der Waals surface area (Å²) in [5, 5.41) is 7.64. The van der Waals surface area contributed by atoms with Gasteiger partial charge in [-0.25, -0.2) is 4.68 Å². The van der Waals surface area contributed by atoms with Crippen molar-refractivity contribution in [2.75, 3.05) is 0 Å². The van der Waals surface area contributed by atoms with E-state index in [4.69, 9.17) is 0 Å². The molecular weight excluding hydrogens is 212 g/mol. The number of rotatable bonds is 4. The molecule has 0 saturated heterocycles. The third-order valence-electron chi connectivity index (χ3n) is 2.47. The van der Waals surface area contributed by atoms with Gasteiger partial charge in [-0.3, -0.25) is 4.98 Å². The smallest absolute Gasteiger partial charge is 0.0679 e. The van der Waals surface area contributed by atoms with Gasteiger partial charge < -0.3 is 5.32 Å². The van der Waals surface area contributed by atoms with E-state index in [1.54, 1.807) is 0 Å². The summed E-state index contributed by atoms with van der Waals surface area (Å²) in [6.45, 7) is 7.07. The molecule has 4 heteroatoms. The molecule has 0 aliphatic heterocycles. The zero-order valence-electron chi connectivity index (χ0n) is 10.5. The molecule has 2 heterocycles. The molecule has 0 aromatic carbocycles. The number of aryl methyl sites for hydroxylation is 1. The number of hydrogen-bond donors (Lipinski definition) is 1. The summed E-state index contributed by atoms with van der Waals surface area (Å²) < 4.78 is 1.87. The van der Waals surface area contributed by atoms with Crippen molar-refractivity contribution in [1.29, 1.82) is 0 Å². The fourth-order valence-corrected chi connectivity index (χ4v) is 1.57. The number of nitrogens with one attached hydrogen (secondary N) is 1. The van der Waals surface area contributed by atoms with Crippen LogP contribution in [0.4, 0.5) is 0 Å². The van der Waals surface area contributed by atoms with E-state index in [-0.39, 0.29) is 0 Å². The molecule has 0 fully saturated rings. The lowest BCUT2D eigenvalue weighted by Crippen LogP contribution is -2.22. The summed E-state index contributed by atoms with van der Waals surface area (Å²) in [5.74, 6) is 0. The van der Waals surface area contributed by atoms with E-state index in [1.165, 1.54) is 0 Å².